The van der Waals surface area contributed by atoms with Gasteiger partial charge in [0, 0.05) is 29.2 Å². The maximum absolute atomic E-state index is 9.16. The van der Waals surface area contributed by atoms with Gasteiger partial charge in [0.15, 0.2) is 0 Å². The number of hydrogen-bond acceptors (Lipinski definition) is 4. The van der Waals surface area contributed by atoms with Crippen LogP contribution in [0.2, 0.25) is 0 Å². The number of anilines is 2. The fraction of sp³-hybridized carbons (Fsp3) is 0.0625. The van der Waals surface area contributed by atoms with Crippen molar-refractivity contribution in [1.82, 2.24) is 9.97 Å². The highest BCUT2D eigenvalue weighted by atomic mass is 15.0. The van der Waals surface area contributed by atoms with Gasteiger partial charge in [-0.25, -0.2) is 4.98 Å². The van der Waals surface area contributed by atoms with Crippen LogP contribution in [0.4, 0.5) is 11.5 Å². The number of fused-ring (bicyclic) bond motifs is 1. The zero-order valence-corrected chi connectivity index (χ0v) is 11.0. The van der Waals surface area contributed by atoms with E-state index < -0.39 is 0 Å². The molecule has 0 unspecified atom stereocenters. The molecule has 0 saturated heterocycles. The van der Waals surface area contributed by atoms with E-state index in [0.29, 0.717) is 11.4 Å². The molecule has 1 N–H and O–H groups in total. The Balaban J connectivity index is 2.10. The molecule has 0 saturated carbocycles. The van der Waals surface area contributed by atoms with Crippen LogP contribution in [0.3, 0.4) is 0 Å². The van der Waals surface area contributed by atoms with Crippen LogP contribution in [-0.4, -0.2) is 9.97 Å². The Kier molecular flexibility index (Phi) is 3.02. The normalized spacial score (nSPS) is 10.2. The van der Waals surface area contributed by atoms with E-state index in [0.717, 1.165) is 22.2 Å². The van der Waals surface area contributed by atoms with Crippen LogP contribution < -0.4 is 5.32 Å². The van der Waals surface area contributed by atoms with Crippen molar-refractivity contribution in [2.45, 2.75) is 6.92 Å². The maximum atomic E-state index is 9.16. The lowest BCUT2D eigenvalue weighted by Crippen LogP contribution is -1.99. The second-order valence-electron chi connectivity index (χ2n) is 4.49. The van der Waals surface area contributed by atoms with Gasteiger partial charge in [0.1, 0.15) is 11.9 Å². The molecule has 0 aliphatic carbocycles. The largest absolute Gasteiger partial charge is 0.339 e. The van der Waals surface area contributed by atoms with E-state index in [9.17, 15) is 0 Å². The van der Waals surface area contributed by atoms with Crippen LogP contribution in [0.1, 0.15) is 11.3 Å². The third-order valence-electron chi connectivity index (χ3n) is 3.09. The van der Waals surface area contributed by atoms with Crippen LogP contribution in [0, 0.1) is 18.3 Å². The first-order valence-electron chi connectivity index (χ1n) is 6.25. The van der Waals surface area contributed by atoms with Crippen molar-refractivity contribution in [2.24, 2.45) is 0 Å². The predicted molar refractivity (Wildman–Crippen MR) is 78.7 cm³/mol. The van der Waals surface area contributed by atoms with E-state index in [4.69, 9.17) is 5.26 Å². The number of rotatable bonds is 2. The summed E-state index contributed by atoms with van der Waals surface area (Å²) in [7, 11) is 0. The SMILES string of the molecule is Cc1ccc(C#N)c(Nc2cccc3ccncc23)n1. The second-order valence-corrected chi connectivity index (χ2v) is 4.49. The monoisotopic (exact) mass is 260 g/mol. The number of nitriles is 1. The van der Waals surface area contributed by atoms with Crippen LogP contribution in [0.5, 0.6) is 0 Å². The first-order valence-corrected chi connectivity index (χ1v) is 6.25. The van der Waals surface area contributed by atoms with Crippen molar-refractivity contribution in [3.8, 4) is 6.07 Å². The standard InChI is InChI=1S/C16H12N4/c1-11-5-6-13(9-17)16(19-11)20-15-4-2-3-12-7-8-18-10-14(12)15/h2-8,10H,1H3,(H,19,20). The van der Waals surface area contributed by atoms with E-state index in [1.165, 1.54) is 0 Å². The molecule has 2 heterocycles. The topological polar surface area (TPSA) is 61.6 Å². The van der Waals surface area contributed by atoms with E-state index in [2.05, 4.69) is 21.4 Å². The molecule has 1 aromatic carbocycles. The van der Waals surface area contributed by atoms with Gasteiger partial charge in [-0.1, -0.05) is 12.1 Å². The van der Waals surface area contributed by atoms with E-state index in [1.54, 1.807) is 18.5 Å². The molecule has 0 fully saturated rings. The minimum Gasteiger partial charge on any atom is -0.339 e. The highest BCUT2D eigenvalue weighted by Crippen LogP contribution is 2.26. The van der Waals surface area contributed by atoms with Gasteiger partial charge in [-0.2, -0.15) is 5.26 Å². The number of aromatic nitrogens is 2. The van der Waals surface area contributed by atoms with Crippen molar-refractivity contribution in [1.29, 1.82) is 5.26 Å². The van der Waals surface area contributed by atoms with Crippen molar-refractivity contribution < 1.29 is 0 Å². The summed E-state index contributed by atoms with van der Waals surface area (Å²) in [5, 5.41) is 14.5. The molecule has 2 aromatic heterocycles. The van der Waals surface area contributed by atoms with Gasteiger partial charge < -0.3 is 5.32 Å². The summed E-state index contributed by atoms with van der Waals surface area (Å²) >= 11 is 0. The summed E-state index contributed by atoms with van der Waals surface area (Å²) in [4.78, 5) is 8.54. The molecule has 0 radical (unpaired) electrons. The minimum atomic E-state index is 0.525. The lowest BCUT2D eigenvalue weighted by Gasteiger charge is -2.10. The van der Waals surface area contributed by atoms with Gasteiger partial charge in [0.25, 0.3) is 0 Å². The predicted octanol–water partition coefficient (Wildman–Crippen LogP) is 3.55. The minimum absolute atomic E-state index is 0.525. The lowest BCUT2D eigenvalue weighted by atomic mass is 10.1. The molecule has 0 spiro atoms. The van der Waals surface area contributed by atoms with E-state index in [1.807, 2.05) is 37.3 Å². The van der Waals surface area contributed by atoms with Crippen LogP contribution in [0.25, 0.3) is 10.8 Å². The van der Waals surface area contributed by atoms with E-state index in [-0.39, 0.29) is 0 Å². The highest BCUT2D eigenvalue weighted by Gasteiger charge is 2.07. The molecule has 3 aromatic rings. The molecule has 0 atom stereocenters. The number of hydrogen-bond donors (Lipinski definition) is 1. The molecular formula is C16H12N4. The third-order valence-corrected chi connectivity index (χ3v) is 3.09. The van der Waals surface area contributed by atoms with Gasteiger partial charge in [-0.15, -0.1) is 0 Å². The number of nitrogens with one attached hydrogen (secondary N) is 1. The van der Waals surface area contributed by atoms with Crippen molar-refractivity contribution >= 4 is 22.3 Å². The van der Waals surface area contributed by atoms with Crippen molar-refractivity contribution in [3.63, 3.8) is 0 Å². The maximum Gasteiger partial charge on any atom is 0.148 e. The lowest BCUT2D eigenvalue weighted by molar-refractivity contribution is 1.19. The Morgan fingerprint density at radius 1 is 1.15 bits per heavy atom. The van der Waals surface area contributed by atoms with Gasteiger partial charge in [0.2, 0.25) is 0 Å². The number of pyridine rings is 2. The zero-order valence-electron chi connectivity index (χ0n) is 11.0. The molecule has 4 heteroatoms. The molecule has 3 rings (SSSR count). The number of benzene rings is 1. The Bertz CT molecular complexity index is 813. The average Bonchev–Trinajstić information content (AvgIpc) is 2.48. The van der Waals surface area contributed by atoms with Gasteiger partial charge in [0.05, 0.1) is 5.56 Å². The van der Waals surface area contributed by atoms with Crippen molar-refractivity contribution in [2.75, 3.05) is 5.32 Å². The van der Waals surface area contributed by atoms with Crippen LogP contribution in [-0.2, 0) is 0 Å². The molecule has 4 nitrogen and oxygen atoms in total. The van der Waals surface area contributed by atoms with Crippen LogP contribution in [0.15, 0.2) is 48.8 Å². The van der Waals surface area contributed by atoms with Gasteiger partial charge in [-0.3, -0.25) is 4.98 Å². The highest BCUT2D eigenvalue weighted by molar-refractivity contribution is 5.94. The Morgan fingerprint density at radius 3 is 2.90 bits per heavy atom. The second kappa shape index (κ2) is 4.98. The summed E-state index contributed by atoms with van der Waals surface area (Å²) < 4.78 is 0. The molecule has 0 bridgehead atoms. The van der Waals surface area contributed by atoms with Crippen molar-refractivity contribution in [3.05, 3.63) is 60.0 Å². The Morgan fingerprint density at radius 2 is 2.05 bits per heavy atom. The van der Waals surface area contributed by atoms with Crippen LogP contribution >= 0.6 is 0 Å². The first-order chi connectivity index (χ1) is 9.78. The summed E-state index contributed by atoms with van der Waals surface area (Å²) in [6.45, 7) is 1.90. The Labute approximate surface area is 116 Å². The quantitative estimate of drug-likeness (QED) is 0.765. The number of nitrogens with zero attached hydrogens (tertiary/aromatic N) is 3. The summed E-state index contributed by atoms with van der Waals surface area (Å²) in [5.74, 6) is 0.573. The smallest absolute Gasteiger partial charge is 0.148 e. The number of aryl methyl sites for hydroxylation is 1. The Hall–Kier alpha value is -2.93. The fourth-order valence-corrected chi connectivity index (χ4v) is 2.09. The molecule has 0 aliphatic heterocycles. The third kappa shape index (κ3) is 2.17. The zero-order chi connectivity index (χ0) is 13.9. The fourth-order valence-electron chi connectivity index (χ4n) is 2.09. The molecular weight excluding hydrogens is 248 g/mol. The summed E-state index contributed by atoms with van der Waals surface area (Å²) in [6, 6.07) is 13.6. The molecule has 0 aliphatic rings. The van der Waals surface area contributed by atoms with Gasteiger partial charge in [-0.05, 0) is 36.6 Å². The average molecular weight is 260 g/mol. The van der Waals surface area contributed by atoms with E-state index >= 15 is 0 Å². The first kappa shape index (κ1) is 12.1. The van der Waals surface area contributed by atoms with Gasteiger partial charge >= 0.3 is 0 Å². The molecule has 20 heavy (non-hydrogen) atoms. The summed E-state index contributed by atoms with van der Waals surface area (Å²) in [5.41, 5.74) is 2.28. The molecule has 0 amide bonds. The summed E-state index contributed by atoms with van der Waals surface area (Å²) in [6.07, 6.45) is 3.57. The molecule has 96 valence electrons.